The number of aromatic nitrogens is 1. The largest absolute Gasteiger partial charge is 0.332 e. The highest BCUT2D eigenvalue weighted by atomic mass is 16.2. The lowest BCUT2D eigenvalue weighted by Crippen LogP contribution is -2.28. The van der Waals surface area contributed by atoms with Crippen LogP contribution >= 0.6 is 0 Å². The van der Waals surface area contributed by atoms with Crippen molar-refractivity contribution in [3.8, 4) is 0 Å². The van der Waals surface area contributed by atoms with Gasteiger partial charge in [0.05, 0.1) is 12.2 Å². The van der Waals surface area contributed by atoms with Gasteiger partial charge in [0.15, 0.2) is 5.78 Å². The molecule has 0 saturated carbocycles. The number of hydrogen-bond acceptors (Lipinski definition) is 3. The first-order valence-corrected chi connectivity index (χ1v) is 6.62. The lowest BCUT2D eigenvalue weighted by molar-refractivity contribution is 0.101. The van der Waals surface area contributed by atoms with E-state index in [1.54, 1.807) is 30.5 Å². The molecule has 2 aromatic rings. The average molecular weight is 283 g/mol. The SMILES string of the molecule is CC(=O)c1ccc(NC(=O)NCc2ncccc2C)cc1. The lowest BCUT2D eigenvalue weighted by Gasteiger charge is -2.09. The molecule has 2 rings (SSSR count). The number of Topliss-reactive ketones (excluding diaryl/α,β-unsaturated/α-hetero) is 1. The fourth-order valence-electron chi connectivity index (χ4n) is 1.83. The summed E-state index contributed by atoms with van der Waals surface area (Å²) in [5, 5.41) is 5.45. The summed E-state index contributed by atoms with van der Waals surface area (Å²) in [6.07, 6.45) is 1.70. The Balaban J connectivity index is 1.90. The van der Waals surface area contributed by atoms with E-state index in [0.717, 1.165) is 11.3 Å². The van der Waals surface area contributed by atoms with Crippen LogP contribution in [0, 0.1) is 6.92 Å². The minimum Gasteiger partial charge on any atom is -0.332 e. The molecule has 2 amide bonds. The summed E-state index contributed by atoms with van der Waals surface area (Å²) in [5.74, 6) is -0.00312. The standard InChI is InChI=1S/C16H17N3O2/c1-11-4-3-9-17-15(11)10-18-16(21)19-14-7-5-13(6-8-14)12(2)20/h3-9H,10H2,1-2H3,(H2,18,19,21). The van der Waals surface area contributed by atoms with E-state index in [2.05, 4.69) is 15.6 Å². The maximum atomic E-state index is 11.8. The number of nitrogens with one attached hydrogen (secondary N) is 2. The monoisotopic (exact) mass is 283 g/mol. The smallest absolute Gasteiger partial charge is 0.319 e. The molecule has 5 heteroatoms. The van der Waals surface area contributed by atoms with Gasteiger partial charge in [0.25, 0.3) is 0 Å². The zero-order valence-corrected chi connectivity index (χ0v) is 12.0. The van der Waals surface area contributed by atoms with Crippen LogP contribution in [0.15, 0.2) is 42.6 Å². The molecule has 0 saturated heterocycles. The van der Waals surface area contributed by atoms with E-state index in [1.165, 1.54) is 6.92 Å². The van der Waals surface area contributed by atoms with Crippen molar-refractivity contribution in [3.63, 3.8) is 0 Å². The first-order valence-electron chi connectivity index (χ1n) is 6.62. The number of ketones is 1. The third-order valence-electron chi connectivity index (χ3n) is 3.08. The van der Waals surface area contributed by atoms with E-state index >= 15 is 0 Å². The van der Waals surface area contributed by atoms with Crippen LogP contribution in [0.1, 0.15) is 28.5 Å². The van der Waals surface area contributed by atoms with Crippen molar-refractivity contribution in [2.45, 2.75) is 20.4 Å². The molecule has 0 fully saturated rings. The zero-order chi connectivity index (χ0) is 15.2. The van der Waals surface area contributed by atoms with Gasteiger partial charge in [-0.3, -0.25) is 9.78 Å². The molecule has 108 valence electrons. The lowest BCUT2D eigenvalue weighted by atomic mass is 10.1. The number of aryl methyl sites for hydroxylation is 1. The van der Waals surface area contributed by atoms with E-state index in [9.17, 15) is 9.59 Å². The Morgan fingerprint density at radius 3 is 2.48 bits per heavy atom. The minimum atomic E-state index is -0.310. The normalized spacial score (nSPS) is 10.0. The number of pyridine rings is 1. The number of benzene rings is 1. The summed E-state index contributed by atoms with van der Waals surface area (Å²) in [4.78, 5) is 27.2. The second-order valence-corrected chi connectivity index (χ2v) is 4.71. The number of amides is 2. The summed E-state index contributed by atoms with van der Waals surface area (Å²) in [6.45, 7) is 3.82. The van der Waals surface area contributed by atoms with Gasteiger partial charge in [-0.05, 0) is 49.7 Å². The topological polar surface area (TPSA) is 71.1 Å². The van der Waals surface area contributed by atoms with Gasteiger partial charge in [-0.25, -0.2) is 4.79 Å². The summed E-state index contributed by atoms with van der Waals surface area (Å²) in [7, 11) is 0. The van der Waals surface area contributed by atoms with Crippen LogP contribution in [0.5, 0.6) is 0 Å². The highest BCUT2D eigenvalue weighted by molar-refractivity contribution is 5.95. The van der Waals surface area contributed by atoms with Crippen molar-refractivity contribution in [1.82, 2.24) is 10.3 Å². The van der Waals surface area contributed by atoms with Crippen molar-refractivity contribution in [1.29, 1.82) is 0 Å². The Hall–Kier alpha value is -2.69. The molecule has 5 nitrogen and oxygen atoms in total. The second kappa shape index (κ2) is 6.65. The molecule has 0 spiro atoms. The Morgan fingerprint density at radius 1 is 1.14 bits per heavy atom. The van der Waals surface area contributed by atoms with Gasteiger partial charge in [-0.2, -0.15) is 0 Å². The first kappa shape index (κ1) is 14.7. The summed E-state index contributed by atoms with van der Waals surface area (Å²) >= 11 is 0. The predicted molar refractivity (Wildman–Crippen MR) is 81.3 cm³/mol. The van der Waals surface area contributed by atoms with Crippen LogP contribution in [0.3, 0.4) is 0 Å². The third-order valence-corrected chi connectivity index (χ3v) is 3.08. The minimum absolute atomic E-state index is 0.00312. The van der Waals surface area contributed by atoms with Crippen molar-refractivity contribution >= 4 is 17.5 Å². The number of hydrogen-bond donors (Lipinski definition) is 2. The molecular formula is C16H17N3O2. The van der Waals surface area contributed by atoms with Gasteiger partial charge in [0.2, 0.25) is 0 Å². The molecule has 0 radical (unpaired) electrons. The molecule has 1 aromatic carbocycles. The quantitative estimate of drug-likeness (QED) is 0.847. The van der Waals surface area contributed by atoms with Gasteiger partial charge in [0, 0.05) is 17.4 Å². The molecule has 0 aliphatic rings. The number of urea groups is 1. The molecule has 2 N–H and O–H groups in total. The van der Waals surface area contributed by atoms with Crippen molar-refractivity contribution in [3.05, 3.63) is 59.4 Å². The number of rotatable bonds is 4. The van der Waals surface area contributed by atoms with Crippen LogP contribution in [0.25, 0.3) is 0 Å². The summed E-state index contributed by atoms with van der Waals surface area (Å²) in [5.41, 5.74) is 3.11. The van der Waals surface area contributed by atoms with Crippen molar-refractivity contribution in [2.24, 2.45) is 0 Å². The highest BCUT2D eigenvalue weighted by Gasteiger charge is 2.05. The Morgan fingerprint density at radius 2 is 1.86 bits per heavy atom. The maximum absolute atomic E-state index is 11.8. The number of carbonyl (C=O) groups is 2. The van der Waals surface area contributed by atoms with Crippen LogP contribution < -0.4 is 10.6 Å². The maximum Gasteiger partial charge on any atom is 0.319 e. The number of carbonyl (C=O) groups excluding carboxylic acids is 2. The van der Waals surface area contributed by atoms with E-state index in [1.807, 2.05) is 19.1 Å². The Bertz CT molecular complexity index is 651. The average Bonchev–Trinajstić information content (AvgIpc) is 2.47. The first-order chi connectivity index (χ1) is 10.1. The van der Waals surface area contributed by atoms with E-state index < -0.39 is 0 Å². The molecule has 1 aromatic heterocycles. The third kappa shape index (κ3) is 4.14. The van der Waals surface area contributed by atoms with Gasteiger partial charge >= 0.3 is 6.03 Å². The van der Waals surface area contributed by atoms with Gasteiger partial charge < -0.3 is 10.6 Å². The van der Waals surface area contributed by atoms with Gasteiger partial charge in [-0.15, -0.1) is 0 Å². The second-order valence-electron chi connectivity index (χ2n) is 4.71. The molecule has 1 heterocycles. The van der Waals surface area contributed by atoms with Crippen molar-refractivity contribution < 1.29 is 9.59 Å². The Labute approximate surface area is 123 Å². The number of anilines is 1. The fraction of sp³-hybridized carbons (Fsp3) is 0.188. The van der Waals surface area contributed by atoms with E-state index in [4.69, 9.17) is 0 Å². The molecule has 0 aliphatic carbocycles. The number of nitrogens with zero attached hydrogens (tertiary/aromatic N) is 1. The van der Waals surface area contributed by atoms with Gasteiger partial charge in [-0.1, -0.05) is 6.07 Å². The zero-order valence-electron chi connectivity index (χ0n) is 12.0. The van der Waals surface area contributed by atoms with Crippen LogP contribution in [-0.2, 0) is 6.54 Å². The van der Waals surface area contributed by atoms with Crippen molar-refractivity contribution in [2.75, 3.05) is 5.32 Å². The molecule has 21 heavy (non-hydrogen) atoms. The van der Waals surface area contributed by atoms with E-state index in [0.29, 0.717) is 17.8 Å². The molecule has 0 atom stereocenters. The molecule has 0 unspecified atom stereocenters. The highest BCUT2D eigenvalue weighted by Crippen LogP contribution is 2.10. The molecule has 0 bridgehead atoms. The summed E-state index contributed by atoms with van der Waals surface area (Å²) in [6, 6.07) is 10.3. The molecule has 0 aliphatic heterocycles. The van der Waals surface area contributed by atoms with Gasteiger partial charge in [0.1, 0.15) is 0 Å². The Kier molecular flexibility index (Phi) is 4.66. The van der Waals surface area contributed by atoms with E-state index in [-0.39, 0.29) is 11.8 Å². The van der Waals surface area contributed by atoms with Crippen LogP contribution in [-0.4, -0.2) is 16.8 Å². The predicted octanol–water partition coefficient (Wildman–Crippen LogP) is 2.91. The van der Waals surface area contributed by atoms with Crippen LogP contribution in [0.4, 0.5) is 10.5 Å². The molecular weight excluding hydrogens is 266 g/mol. The summed E-state index contributed by atoms with van der Waals surface area (Å²) < 4.78 is 0. The fourth-order valence-corrected chi connectivity index (χ4v) is 1.83. The van der Waals surface area contributed by atoms with Crippen LogP contribution in [0.2, 0.25) is 0 Å².